The number of carbonyl (C=O) groups excluding carboxylic acids is 2. The zero-order valence-corrected chi connectivity index (χ0v) is 28.3. The lowest BCUT2D eigenvalue weighted by Crippen LogP contribution is -2.54. The molecule has 0 heterocycles. The monoisotopic (exact) mass is 699 g/mol. The van der Waals surface area contributed by atoms with E-state index in [4.69, 9.17) is 11.6 Å². The van der Waals surface area contributed by atoms with Crippen LogP contribution in [0.5, 0.6) is 0 Å². The number of amides is 2. The second kappa shape index (κ2) is 15.7. The third-order valence-electron chi connectivity index (χ3n) is 7.89. The second-order valence-corrected chi connectivity index (χ2v) is 13.8. The second-order valence-electron chi connectivity index (χ2n) is 11.5. The first-order valence-electron chi connectivity index (χ1n) is 15.3. The van der Waals surface area contributed by atoms with E-state index in [9.17, 15) is 31.2 Å². The lowest BCUT2D eigenvalue weighted by atomic mass is 10.0. The molecule has 0 aliphatic heterocycles. The van der Waals surface area contributed by atoms with Gasteiger partial charge in [0.25, 0.3) is 10.0 Å². The molecule has 2 amide bonds. The molecule has 254 valence electrons. The predicted octanol–water partition coefficient (Wildman–Crippen LogP) is 7.42. The molecule has 7 nitrogen and oxygen atoms in total. The van der Waals surface area contributed by atoms with Crippen molar-refractivity contribution < 1.29 is 31.2 Å². The van der Waals surface area contributed by atoms with Gasteiger partial charge in [-0.1, -0.05) is 84.8 Å². The van der Waals surface area contributed by atoms with Crippen molar-refractivity contribution >= 4 is 39.1 Å². The van der Waals surface area contributed by atoms with Gasteiger partial charge >= 0.3 is 6.18 Å². The molecule has 0 saturated heterocycles. The van der Waals surface area contributed by atoms with Gasteiger partial charge in [0.1, 0.15) is 12.6 Å². The average Bonchev–Trinajstić information content (AvgIpc) is 3.06. The van der Waals surface area contributed by atoms with Gasteiger partial charge in [-0.05, 0) is 73.9 Å². The Hall–Kier alpha value is -4.35. The summed E-state index contributed by atoms with van der Waals surface area (Å²) >= 11 is 6.11. The highest BCUT2D eigenvalue weighted by Gasteiger charge is 2.36. The Labute approximate surface area is 284 Å². The van der Waals surface area contributed by atoms with Crippen LogP contribution in [0, 0.1) is 6.92 Å². The Morgan fingerprint density at radius 1 is 0.875 bits per heavy atom. The normalized spacial score (nSPS) is 13.0. The third-order valence-corrected chi connectivity index (χ3v) is 9.93. The first kappa shape index (κ1) is 36.5. The molecule has 0 unspecified atom stereocenters. The number of sulfonamides is 1. The maximum absolute atomic E-state index is 14.5. The zero-order chi connectivity index (χ0) is 35.1. The number of rotatable bonds is 13. The van der Waals surface area contributed by atoms with E-state index in [2.05, 4.69) is 5.32 Å². The van der Waals surface area contributed by atoms with Crippen LogP contribution < -0.4 is 9.62 Å². The summed E-state index contributed by atoms with van der Waals surface area (Å²) in [5, 5.41) is 3.39. The summed E-state index contributed by atoms with van der Waals surface area (Å²) in [6, 6.07) is 23.9. The standard InChI is InChI=1S/C36H37ClF3N3O4S/c1-4-26(3)41-35(45)33(21-27-9-6-5-7-10-27)42(23-28-15-17-30(37)18-16-28)34(44)24-43(31-12-8-11-29(22-31)36(38,39)40)48(46,47)32-19-13-25(2)14-20-32/h5-20,22,26,33H,4,21,23-24H2,1-3H3,(H,41,45)/t26-,33+/m1/s1. The van der Waals surface area contributed by atoms with Gasteiger partial charge in [-0.15, -0.1) is 0 Å². The Morgan fingerprint density at radius 2 is 1.52 bits per heavy atom. The molecule has 0 spiro atoms. The Kier molecular flexibility index (Phi) is 11.9. The van der Waals surface area contributed by atoms with Crippen molar-refractivity contribution in [2.45, 2.75) is 63.3 Å². The molecule has 0 aliphatic carbocycles. The summed E-state index contributed by atoms with van der Waals surface area (Å²) in [7, 11) is -4.57. The summed E-state index contributed by atoms with van der Waals surface area (Å²) in [6.07, 6.45) is -4.06. The summed E-state index contributed by atoms with van der Waals surface area (Å²) in [5.74, 6) is -1.25. The van der Waals surface area contributed by atoms with E-state index in [0.29, 0.717) is 27.4 Å². The van der Waals surface area contributed by atoms with E-state index in [1.165, 1.54) is 23.1 Å². The fourth-order valence-corrected chi connectivity index (χ4v) is 6.52. The minimum Gasteiger partial charge on any atom is -0.352 e. The largest absolute Gasteiger partial charge is 0.416 e. The number of carbonyl (C=O) groups is 2. The van der Waals surface area contributed by atoms with E-state index in [-0.39, 0.29) is 29.6 Å². The SMILES string of the molecule is CC[C@@H](C)NC(=O)[C@H](Cc1ccccc1)N(Cc1ccc(Cl)cc1)C(=O)CN(c1cccc(C(F)(F)F)c1)S(=O)(=O)c1ccc(C)cc1. The lowest BCUT2D eigenvalue weighted by Gasteiger charge is -2.34. The van der Waals surface area contributed by atoms with Crippen LogP contribution in [0.4, 0.5) is 18.9 Å². The van der Waals surface area contributed by atoms with Gasteiger partial charge < -0.3 is 10.2 Å². The van der Waals surface area contributed by atoms with E-state index in [1.54, 1.807) is 55.5 Å². The maximum atomic E-state index is 14.5. The van der Waals surface area contributed by atoms with Crippen molar-refractivity contribution in [1.29, 1.82) is 0 Å². The molecule has 0 aliphatic rings. The number of benzene rings is 4. The van der Waals surface area contributed by atoms with Crippen molar-refractivity contribution in [2.75, 3.05) is 10.8 Å². The van der Waals surface area contributed by atoms with Gasteiger partial charge in [0.15, 0.2) is 0 Å². The number of nitrogens with one attached hydrogen (secondary N) is 1. The minimum absolute atomic E-state index is 0.0940. The van der Waals surface area contributed by atoms with Crippen LogP contribution in [0.2, 0.25) is 5.02 Å². The lowest BCUT2D eigenvalue weighted by molar-refractivity contribution is -0.140. The maximum Gasteiger partial charge on any atom is 0.416 e. The highest BCUT2D eigenvalue weighted by atomic mass is 35.5. The minimum atomic E-state index is -4.77. The van der Waals surface area contributed by atoms with Gasteiger partial charge in [-0.25, -0.2) is 8.42 Å². The summed E-state index contributed by atoms with van der Waals surface area (Å²) in [6.45, 7) is 4.49. The van der Waals surface area contributed by atoms with Crippen LogP contribution in [0.25, 0.3) is 0 Å². The Morgan fingerprint density at radius 3 is 2.12 bits per heavy atom. The van der Waals surface area contributed by atoms with Crippen LogP contribution in [0.3, 0.4) is 0 Å². The van der Waals surface area contributed by atoms with Crippen molar-refractivity contribution in [3.05, 3.63) is 130 Å². The smallest absolute Gasteiger partial charge is 0.352 e. The number of halogens is 4. The molecule has 12 heteroatoms. The van der Waals surface area contributed by atoms with Crippen LogP contribution in [0.15, 0.2) is 108 Å². The predicted molar refractivity (Wildman–Crippen MR) is 181 cm³/mol. The van der Waals surface area contributed by atoms with Gasteiger partial charge in [-0.3, -0.25) is 13.9 Å². The molecule has 0 aromatic heterocycles. The molecule has 4 rings (SSSR count). The molecular formula is C36H37ClF3N3O4S. The van der Waals surface area contributed by atoms with E-state index < -0.39 is 46.2 Å². The van der Waals surface area contributed by atoms with Crippen LogP contribution in [-0.4, -0.2) is 43.8 Å². The molecular weight excluding hydrogens is 663 g/mol. The molecule has 48 heavy (non-hydrogen) atoms. The van der Waals surface area contributed by atoms with Crippen molar-refractivity contribution in [1.82, 2.24) is 10.2 Å². The summed E-state index contributed by atoms with van der Waals surface area (Å²) in [5.41, 5.74) is 0.686. The van der Waals surface area contributed by atoms with E-state index in [1.807, 2.05) is 32.0 Å². The average molecular weight is 700 g/mol. The summed E-state index contributed by atoms with van der Waals surface area (Å²) in [4.78, 5) is 29.4. The molecule has 4 aromatic rings. The quantitative estimate of drug-likeness (QED) is 0.157. The number of anilines is 1. The van der Waals surface area contributed by atoms with Crippen molar-refractivity contribution in [3.63, 3.8) is 0 Å². The number of nitrogens with zero attached hydrogens (tertiary/aromatic N) is 2. The third kappa shape index (κ3) is 9.38. The van der Waals surface area contributed by atoms with Gasteiger partial charge in [0.05, 0.1) is 16.1 Å². The van der Waals surface area contributed by atoms with E-state index in [0.717, 1.165) is 23.3 Å². The first-order valence-corrected chi connectivity index (χ1v) is 17.2. The Balaban J connectivity index is 1.84. The first-order chi connectivity index (χ1) is 22.7. The van der Waals surface area contributed by atoms with Crippen LogP contribution >= 0.6 is 11.6 Å². The zero-order valence-electron chi connectivity index (χ0n) is 26.7. The Bertz CT molecular complexity index is 1800. The molecule has 0 saturated carbocycles. The van der Waals surface area contributed by atoms with Crippen LogP contribution in [0.1, 0.15) is 42.5 Å². The number of alkyl halides is 3. The fraction of sp³-hybridized carbons (Fsp3) is 0.278. The fourth-order valence-electron chi connectivity index (χ4n) is 4.99. The highest BCUT2D eigenvalue weighted by Crippen LogP contribution is 2.33. The molecule has 0 radical (unpaired) electrons. The molecule has 0 fully saturated rings. The van der Waals surface area contributed by atoms with Gasteiger partial charge in [0.2, 0.25) is 11.8 Å². The molecule has 0 bridgehead atoms. The molecule has 2 atom stereocenters. The molecule has 1 N–H and O–H groups in total. The number of hydrogen-bond acceptors (Lipinski definition) is 4. The number of hydrogen-bond donors (Lipinski definition) is 1. The molecule has 4 aromatic carbocycles. The van der Waals surface area contributed by atoms with E-state index >= 15 is 0 Å². The van der Waals surface area contributed by atoms with Crippen molar-refractivity contribution in [2.24, 2.45) is 0 Å². The van der Waals surface area contributed by atoms with Gasteiger partial charge in [-0.2, -0.15) is 13.2 Å². The topological polar surface area (TPSA) is 86.8 Å². The van der Waals surface area contributed by atoms with Crippen molar-refractivity contribution in [3.8, 4) is 0 Å². The summed E-state index contributed by atoms with van der Waals surface area (Å²) < 4.78 is 70.3. The van der Waals surface area contributed by atoms with Gasteiger partial charge in [0, 0.05) is 24.0 Å². The highest BCUT2D eigenvalue weighted by molar-refractivity contribution is 7.92. The number of aryl methyl sites for hydroxylation is 1. The van der Waals surface area contributed by atoms with Crippen LogP contribution in [-0.2, 0) is 38.8 Å².